The van der Waals surface area contributed by atoms with Crippen molar-refractivity contribution >= 4 is 23.4 Å². The first-order valence-corrected chi connectivity index (χ1v) is 8.60. The molecule has 1 N–H and O–H groups in total. The number of aromatic nitrogens is 4. The Labute approximate surface area is 152 Å². The SMILES string of the molecule is Cc1ccccc1-n1nnnc1S[C@H](C)C(=O)Nc1ccc(F)c(F)c1. The molecular formula is C17H15F2N5OS. The lowest BCUT2D eigenvalue weighted by Crippen LogP contribution is -2.23. The summed E-state index contributed by atoms with van der Waals surface area (Å²) in [6.45, 7) is 3.61. The summed E-state index contributed by atoms with van der Waals surface area (Å²) in [4.78, 5) is 12.3. The van der Waals surface area contributed by atoms with Crippen molar-refractivity contribution in [3.05, 3.63) is 59.7 Å². The van der Waals surface area contributed by atoms with Crippen LogP contribution in [0.1, 0.15) is 12.5 Å². The number of nitrogens with zero attached hydrogens (tertiary/aromatic N) is 4. The highest BCUT2D eigenvalue weighted by Gasteiger charge is 2.20. The van der Waals surface area contributed by atoms with Crippen LogP contribution >= 0.6 is 11.8 Å². The molecule has 0 saturated carbocycles. The quantitative estimate of drug-likeness (QED) is 0.692. The van der Waals surface area contributed by atoms with Crippen molar-refractivity contribution in [1.82, 2.24) is 20.2 Å². The Morgan fingerprint density at radius 2 is 1.96 bits per heavy atom. The summed E-state index contributed by atoms with van der Waals surface area (Å²) < 4.78 is 27.8. The zero-order valence-corrected chi connectivity index (χ0v) is 14.8. The molecule has 0 saturated heterocycles. The molecule has 0 aliphatic heterocycles. The lowest BCUT2D eigenvalue weighted by molar-refractivity contribution is -0.115. The van der Waals surface area contributed by atoms with Crippen molar-refractivity contribution in [3.8, 4) is 5.69 Å². The Morgan fingerprint density at radius 1 is 1.19 bits per heavy atom. The van der Waals surface area contributed by atoms with Crippen LogP contribution in [-0.2, 0) is 4.79 Å². The number of benzene rings is 2. The third-order valence-corrected chi connectivity index (χ3v) is 4.66. The molecule has 3 rings (SSSR count). The highest BCUT2D eigenvalue weighted by molar-refractivity contribution is 8.00. The topological polar surface area (TPSA) is 72.7 Å². The minimum absolute atomic E-state index is 0.180. The van der Waals surface area contributed by atoms with Crippen LogP contribution < -0.4 is 5.32 Å². The van der Waals surface area contributed by atoms with E-state index in [0.717, 1.165) is 35.1 Å². The molecule has 26 heavy (non-hydrogen) atoms. The maximum Gasteiger partial charge on any atom is 0.237 e. The molecule has 0 unspecified atom stereocenters. The van der Waals surface area contributed by atoms with Crippen LogP contribution in [0.25, 0.3) is 5.69 Å². The standard InChI is InChI=1S/C17H15F2N5OS/c1-10-5-3-4-6-15(10)24-17(21-22-23-24)26-11(2)16(25)20-12-7-8-13(18)14(19)9-12/h3-9,11H,1-2H3,(H,20,25)/t11-/m1/s1. The van der Waals surface area contributed by atoms with Gasteiger partial charge >= 0.3 is 0 Å². The van der Waals surface area contributed by atoms with Crippen LogP contribution in [0.3, 0.4) is 0 Å². The Morgan fingerprint density at radius 3 is 2.69 bits per heavy atom. The number of amides is 1. The molecule has 0 aliphatic carbocycles. The number of para-hydroxylation sites is 1. The summed E-state index contributed by atoms with van der Waals surface area (Å²) in [5, 5.41) is 14.1. The van der Waals surface area contributed by atoms with Gasteiger partial charge in [0.2, 0.25) is 11.1 Å². The van der Waals surface area contributed by atoms with Gasteiger partial charge in [0.05, 0.1) is 10.9 Å². The average molecular weight is 375 g/mol. The number of hydrogen-bond donors (Lipinski definition) is 1. The van der Waals surface area contributed by atoms with Gasteiger partial charge in [-0.05, 0) is 48.0 Å². The largest absolute Gasteiger partial charge is 0.325 e. The molecule has 0 aliphatic rings. The predicted molar refractivity (Wildman–Crippen MR) is 94.2 cm³/mol. The van der Waals surface area contributed by atoms with E-state index >= 15 is 0 Å². The second-order valence-electron chi connectivity index (χ2n) is 5.54. The highest BCUT2D eigenvalue weighted by Crippen LogP contribution is 2.25. The summed E-state index contributed by atoms with van der Waals surface area (Å²) >= 11 is 1.16. The smallest absolute Gasteiger partial charge is 0.237 e. The Balaban J connectivity index is 1.73. The van der Waals surface area contributed by atoms with Gasteiger partial charge in [0.15, 0.2) is 11.6 Å². The number of carbonyl (C=O) groups excluding carboxylic acids is 1. The van der Waals surface area contributed by atoms with E-state index in [1.54, 1.807) is 11.6 Å². The van der Waals surface area contributed by atoms with E-state index in [1.807, 2.05) is 31.2 Å². The highest BCUT2D eigenvalue weighted by atomic mass is 32.2. The summed E-state index contributed by atoms with van der Waals surface area (Å²) in [5.74, 6) is -2.37. The maximum absolute atomic E-state index is 13.3. The number of anilines is 1. The van der Waals surface area contributed by atoms with Crippen LogP contribution in [0.2, 0.25) is 0 Å². The average Bonchev–Trinajstić information content (AvgIpc) is 3.06. The van der Waals surface area contributed by atoms with Crippen LogP contribution in [-0.4, -0.2) is 31.4 Å². The molecule has 6 nitrogen and oxygen atoms in total. The molecule has 1 amide bonds. The lowest BCUT2D eigenvalue weighted by atomic mass is 10.2. The first-order valence-electron chi connectivity index (χ1n) is 7.72. The molecule has 1 aromatic heterocycles. The molecule has 1 heterocycles. The fourth-order valence-electron chi connectivity index (χ4n) is 2.23. The second-order valence-corrected chi connectivity index (χ2v) is 6.85. The van der Waals surface area contributed by atoms with Gasteiger partial charge in [0.1, 0.15) is 0 Å². The van der Waals surface area contributed by atoms with Crippen LogP contribution in [0.4, 0.5) is 14.5 Å². The lowest BCUT2D eigenvalue weighted by Gasteiger charge is -2.12. The molecule has 0 spiro atoms. The first-order chi connectivity index (χ1) is 12.5. The summed E-state index contributed by atoms with van der Waals surface area (Å²) in [5.41, 5.74) is 1.98. The van der Waals surface area contributed by atoms with Crippen molar-refractivity contribution in [2.75, 3.05) is 5.32 Å². The minimum Gasteiger partial charge on any atom is -0.325 e. The van der Waals surface area contributed by atoms with E-state index in [4.69, 9.17) is 0 Å². The van der Waals surface area contributed by atoms with E-state index in [2.05, 4.69) is 20.8 Å². The van der Waals surface area contributed by atoms with E-state index < -0.39 is 16.9 Å². The number of hydrogen-bond acceptors (Lipinski definition) is 5. The van der Waals surface area contributed by atoms with Gasteiger partial charge in [0, 0.05) is 11.8 Å². The van der Waals surface area contributed by atoms with Crippen molar-refractivity contribution in [2.45, 2.75) is 24.3 Å². The predicted octanol–water partition coefficient (Wildman–Crippen LogP) is 3.37. The van der Waals surface area contributed by atoms with Gasteiger partial charge in [-0.25, -0.2) is 8.78 Å². The third kappa shape index (κ3) is 3.88. The molecule has 0 radical (unpaired) electrons. The fourth-order valence-corrected chi connectivity index (χ4v) is 3.03. The molecule has 134 valence electrons. The van der Waals surface area contributed by atoms with E-state index in [1.165, 1.54) is 6.07 Å². The number of rotatable bonds is 5. The van der Waals surface area contributed by atoms with E-state index in [-0.39, 0.29) is 11.6 Å². The van der Waals surface area contributed by atoms with Crippen molar-refractivity contribution in [2.24, 2.45) is 0 Å². The van der Waals surface area contributed by atoms with Crippen molar-refractivity contribution in [1.29, 1.82) is 0 Å². The summed E-state index contributed by atoms with van der Waals surface area (Å²) in [6.07, 6.45) is 0. The molecule has 2 aromatic carbocycles. The van der Waals surface area contributed by atoms with Gasteiger partial charge in [-0.3, -0.25) is 4.79 Å². The number of aryl methyl sites for hydroxylation is 1. The molecule has 0 bridgehead atoms. The molecule has 9 heteroatoms. The van der Waals surface area contributed by atoms with Gasteiger partial charge in [0.25, 0.3) is 0 Å². The Bertz CT molecular complexity index is 946. The number of nitrogens with one attached hydrogen (secondary N) is 1. The summed E-state index contributed by atoms with van der Waals surface area (Å²) in [7, 11) is 0. The zero-order chi connectivity index (χ0) is 18.7. The van der Waals surface area contributed by atoms with Gasteiger partial charge in [-0.2, -0.15) is 4.68 Å². The minimum atomic E-state index is -1.02. The van der Waals surface area contributed by atoms with Gasteiger partial charge < -0.3 is 5.32 Å². The maximum atomic E-state index is 13.3. The van der Waals surface area contributed by atoms with Crippen molar-refractivity contribution in [3.63, 3.8) is 0 Å². The van der Waals surface area contributed by atoms with Crippen LogP contribution in [0.15, 0.2) is 47.6 Å². The second kappa shape index (κ2) is 7.61. The normalized spacial score (nSPS) is 12.0. The van der Waals surface area contributed by atoms with Crippen LogP contribution in [0, 0.1) is 18.6 Å². The van der Waals surface area contributed by atoms with E-state index in [0.29, 0.717) is 5.16 Å². The molecule has 1 atom stereocenters. The number of halogens is 2. The van der Waals surface area contributed by atoms with Crippen LogP contribution in [0.5, 0.6) is 0 Å². The third-order valence-electron chi connectivity index (χ3n) is 3.62. The van der Waals surface area contributed by atoms with E-state index in [9.17, 15) is 13.6 Å². The number of thioether (sulfide) groups is 1. The molecule has 0 fully saturated rings. The number of carbonyl (C=O) groups is 1. The molecule has 3 aromatic rings. The number of tetrazole rings is 1. The Kier molecular flexibility index (Phi) is 5.27. The monoisotopic (exact) mass is 375 g/mol. The fraction of sp³-hybridized carbons (Fsp3) is 0.176. The Hall–Kier alpha value is -2.81. The first kappa shape index (κ1) is 18.0. The summed E-state index contributed by atoms with van der Waals surface area (Å²) in [6, 6.07) is 10.8. The van der Waals surface area contributed by atoms with Gasteiger partial charge in [-0.1, -0.05) is 30.0 Å². The van der Waals surface area contributed by atoms with Gasteiger partial charge in [-0.15, -0.1) is 5.10 Å². The molecular weight excluding hydrogens is 360 g/mol. The van der Waals surface area contributed by atoms with Crippen molar-refractivity contribution < 1.29 is 13.6 Å². The zero-order valence-electron chi connectivity index (χ0n) is 14.0.